The summed E-state index contributed by atoms with van der Waals surface area (Å²) in [5.74, 6) is 0.750. The standard InChI is InChI=1S/C16H22N2O3S/c1-12-5-8-17(9-6-12)16(19)14-3-4-15-13(11-14)7-10-18(15)22(2,20)21/h3-4,11-12H,5-10H2,1-2H3. The van der Waals surface area contributed by atoms with Crippen molar-refractivity contribution in [2.75, 3.05) is 30.2 Å². The van der Waals surface area contributed by atoms with E-state index in [9.17, 15) is 13.2 Å². The molecule has 22 heavy (non-hydrogen) atoms. The van der Waals surface area contributed by atoms with Crippen molar-refractivity contribution in [2.45, 2.75) is 26.2 Å². The minimum absolute atomic E-state index is 0.0625. The zero-order chi connectivity index (χ0) is 15.9. The number of carbonyl (C=O) groups excluding carboxylic acids is 1. The molecule has 0 bridgehead atoms. The predicted molar refractivity (Wildman–Crippen MR) is 86.6 cm³/mol. The first-order valence-corrected chi connectivity index (χ1v) is 9.61. The lowest BCUT2D eigenvalue weighted by Crippen LogP contribution is -2.37. The van der Waals surface area contributed by atoms with Crippen LogP contribution in [0.2, 0.25) is 0 Å². The second-order valence-corrected chi connectivity index (χ2v) is 8.31. The molecule has 2 heterocycles. The van der Waals surface area contributed by atoms with Gasteiger partial charge < -0.3 is 4.90 Å². The van der Waals surface area contributed by atoms with Crippen molar-refractivity contribution in [1.82, 2.24) is 4.90 Å². The van der Waals surface area contributed by atoms with Crippen LogP contribution in [0.5, 0.6) is 0 Å². The lowest BCUT2D eigenvalue weighted by Gasteiger charge is -2.30. The number of amides is 1. The van der Waals surface area contributed by atoms with Crippen molar-refractivity contribution in [3.63, 3.8) is 0 Å². The Morgan fingerprint density at radius 2 is 1.86 bits per heavy atom. The monoisotopic (exact) mass is 322 g/mol. The fourth-order valence-electron chi connectivity index (χ4n) is 3.24. The molecule has 0 aromatic heterocycles. The summed E-state index contributed by atoms with van der Waals surface area (Å²) in [4.78, 5) is 14.5. The van der Waals surface area contributed by atoms with Crippen LogP contribution in [0.15, 0.2) is 18.2 Å². The van der Waals surface area contributed by atoms with Crippen LogP contribution < -0.4 is 4.31 Å². The molecule has 0 saturated carbocycles. The van der Waals surface area contributed by atoms with E-state index in [1.807, 2.05) is 11.0 Å². The van der Waals surface area contributed by atoms with E-state index < -0.39 is 10.0 Å². The van der Waals surface area contributed by atoms with Gasteiger partial charge in [-0.25, -0.2) is 8.42 Å². The number of hydrogen-bond acceptors (Lipinski definition) is 3. The summed E-state index contributed by atoms with van der Waals surface area (Å²) >= 11 is 0. The fraction of sp³-hybridized carbons (Fsp3) is 0.562. The van der Waals surface area contributed by atoms with Gasteiger partial charge in [-0.1, -0.05) is 6.92 Å². The lowest BCUT2D eigenvalue weighted by molar-refractivity contribution is 0.0697. The summed E-state index contributed by atoms with van der Waals surface area (Å²) in [7, 11) is -3.24. The van der Waals surface area contributed by atoms with Gasteiger partial charge in [-0.2, -0.15) is 0 Å². The second kappa shape index (κ2) is 5.57. The van der Waals surface area contributed by atoms with Gasteiger partial charge in [0, 0.05) is 25.2 Å². The molecular weight excluding hydrogens is 300 g/mol. The molecule has 3 rings (SSSR count). The van der Waals surface area contributed by atoms with Gasteiger partial charge >= 0.3 is 0 Å². The van der Waals surface area contributed by atoms with Crippen molar-refractivity contribution in [3.05, 3.63) is 29.3 Å². The number of benzene rings is 1. The molecule has 0 N–H and O–H groups in total. The highest BCUT2D eigenvalue weighted by Crippen LogP contribution is 2.31. The maximum Gasteiger partial charge on any atom is 0.253 e. The molecule has 120 valence electrons. The molecule has 2 aliphatic rings. The maximum absolute atomic E-state index is 12.6. The molecule has 1 aromatic rings. The first kappa shape index (κ1) is 15.3. The van der Waals surface area contributed by atoms with Crippen molar-refractivity contribution >= 4 is 21.6 Å². The number of carbonyl (C=O) groups is 1. The van der Waals surface area contributed by atoms with E-state index in [1.165, 1.54) is 10.6 Å². The van der Waals surface area contributed by atoms with E-state index in [2.05, 4.69) is 6.92 Å². The molecule has 2 aliphatic heterocycles. The number of likely N-dealkylation sites (tertiary alicyclic amines) is 1. The molecule has 1 fully saturated rings. The first-order chi connectivity index (χ1) is 10.4. The zero-order valence-corrected chi connectivity index (χ0v) is 13.9. The van der Waals surface area contributed by atoms with Crippen molar-refractivity contribution in [1.29, 1.82) is 0 Å². The van der Waals surface area contributed by atoms with Gasteiger partial charge in [0.25, 0.3) is 5.91 Å². The molecular formula is C16H22N2O3S. The third-order valence-corrected chi connectivity index (χ3v) is 5.83. The summed E-state index contributed by atoms with van der Waals surface area (Å²) < 4.78 is 24.9. The van der Waals surface area contributed by atoms with E-state index in [1.54, 1.807) is 12.1 Å². The minimum atomic E-state index is -3.24. The number of nitrogens with zero attached hydrogens (tertiary/aromatic N) is 2. The van der Waals surface area contributed by atoms with Crippen LogP contribution in [0.3, 0.4) is 0 Å². The number of rotatable bonds is 2. The van der Waals surface area contributed by atoms with Gasteiger partial charge in [-0.3, -0.25) is 9.10 Å². The van der Waals surface area contributed by atoms with Gasteiger partial charge in [0.1, 0.15) is 0 Å². The largest absolute Gasteiger partial charge is 0.339 e. The maximum atomic E-state index is 12.6. The highest BCUT2D eigenvalue weighted by Gasteiger charge is 2.28. The van der Waals surface area contributed by atoms with Gasteiger partial charge in [0.05, 0.1) is 11.9 Å². The average Bonchev–Trinajstić information content (AvgIpc) is 2.90. The Hall–Kier alpha value is -1.56. The topological polar surface area (TPSA) is 57.7 Å². The Morgan fingerprint density at radius 3 is 2.50 bits per heavy atom. The first-order valence-electron chi connectivity index (χ1n) is 7.76. The van der Waals surface area contributed by atoms with Crippen LogP contribution in [0.25, 0.3) is 0 Å². The Balaban J connectivity index is 1.82. The second-order valence-electron chi connectivity index (χ2n) is 6.40. The minimum Gasteiger partial charge on any atom is -0.339 e. The SMILES string of the molecule is CC1CCN(C(=O)c2ccc3c(c2)CCN3S(C)(=O)=O)CC1. The van der Waals surface area contributed by atoms with Crippen LogP contribution in [0, 0.1) is 5.92 Å². The van der Waals surface area contributed by atoms with Gasteiger partial charge in [0.15, 0.2) is 0 Å². The van der Waals surface area contributed by atoms with Gasteiger partial charge in [-0.15, -0.1) is 0 Å². The Morgan fingerprint density at radius 1 is 1.18 bits per heavy atom. The number of fused-ring (bicyclic) bond motifs is 1. The van der Waals surface area contributed by atoms with E-state index in [4.69, 9.17) is 0 Å². The van der Waals surface area contributed by atoms with Crippen LogP contribution in [0.4, 0.5) is 5.69 Å². The Labute approximate surface area is 132 Å². The normalized spacial score (nSPS) is 19.4. The summed E-state index contributed by atoms with van der Waals surface area (Å²) in [6.07, 6.45) is 3.99. The number of anilines is 1. The number of hydrogen-bond donors (Lipinski definition) is 0. The predicted octanol–water partition coefficient (Wildman–Crippen LogP) is 1.88. The molecule has 1 amide bonds. The highest BCUT2D eigenvalue weighted by atomic mass is 32.2. The van der Waals surface area contributed by atoms with Gasteiger partial charge in [-0.05, 0) is 48.9 Å². The van der Waals surface area contributed by atoms with Crippen molar-refractivity contribution < 1.29 is 13.2 Å². The fourth-order valence-corrected chi connectivity index (χ4v) is 4.20. The molecule has 0 unspecified atom stereocenters. The van der Waals surface area contributed by atoms with Crippen molar-refractivity contribution in [2.24, 2.45) is 5.92 Å². The van der Waals surface area contributed by atoms with Crippen molar-refractivity contribution in [3.8, 4) is 0 Å². The van der Waals surface area contributed by atoms with E-state index in [0.717, 1.165) is 31.5 Å². The summed E-state index contributed by atoms with van der Waals surface area (Å²) in [6, 6.07) is 5.38. The Kier molecular flexibility index (Phi) is 3.89. The molecule has 1 aromatic carbocycles. The average molecular weight is 322 g/mol. The molecule has 0 aliphatic carbocycles. The number of sulfonamides is 1. The summed E-state index contributed by atoms with van der Waals surface area (Å²) in [5, 5.41) is 0. The lowest BCUT2D eigenvalue weighted by atomic mass is 9.98. The highest BCUT2D eigenvalue weighted by molar-refractivity contribution is 7.92. The smallest absolute Gasteiger partial charge is 0.253 e. The molecule has 5 nitrogen and oxygen atoms in total. The molecule has 1 saturated heterocycles. The van der Waals surface area contributed by atoms with Gasteiger partial charge in [0.2, 0.25) is 10.0 Å². The zero-order valence-electron chi connectivity index (χ0n) is 13.1. The molecule has 6 heteroatoms. The van der Waals surface area contributed by atoms with E-state index in [0.29, 0.717) is 30.1 Å². The van der Waals surface area contributed by atoms with E-state index >= 15 is 0 Å². The molecule has 0 atom stereocenters. The molecule has 0 radical (unpaired) electrons. The van der Waals surface area contributed by atoms with E-state index in [-0.39, 0.29) is 5.91 Å². The summed E-state index contributed by atoms with van der Waals surface area (Å²) in [6.45, 7) is 4.31. The van der Waals surface area contributed by atoms with Crippen LogP contribution in [0.1, 0.15) is 35.7 Å². The van der Waals surface area contributed by atoms with Crippen LogP contribution in [-0.2, 0) is 16.4 Å². The quantitative estimate of drug-likeness (QED) is 0.835. The number of piperidine rings is 1. The third-order valence-electron chi connectivity index (χ3n) is 4.65. The third kappa shape index (κ3) is 2.84. The Bertz CT molecular complexity index is 691. The molecule has 0 spiro atoms. The van der Waals surface area contributed by atoms with Crippen LogP contribution >= 0.6 is 0 Å². The summed E-state index contributed by atoms with van der Waals surface area (Å²) in [5.41, 5.74) is 2.33. The van der Waals surface area contributed by atoms with Crippen LogP contribution in [-0.4, -0.2) is 45.1 Å².